The first kappa shape index (κ1) is 17.0. The number of benzene rings is 1. The summed E-state index contributed by atoms with van der Waals surface area (Å²) in [5.41, 5.74) is 1.51. The first-order chi connectivity index (χ1) is 11.0. The number of carbonyl (C=O) groups excluding carboxylic acids is 1. The van der Waals surface area contributed by atoms with Crippen LogP contribution in [-0.2, 0) is 22.6 Å². The molecule has 1 aromatic heterocycles. The van der Waals surface area contributed by atoms with Crippen LogP contribution < -0.4 is 5.32 Å². The molecule has 23 heavy (non-hydrogen) atoms. The van der Waals surface area contributed by atoms with Crippen LogP contribution in [-0.4, -0.2) is 28.2 Å². The number of aromatic nitrogens is 1. The van der Waals surface area contributed by atoms with E-state index in [-0.39, 0.29) is 13.0 Å². The second-order valence-corrected chi connectivity index (χ2v) is 5.73. The lowest BCUT2D eigenvalue weighted by atomic mass is 10.1. The molecule has 120 valence electrons. The number of nitrogens with zero attached hydrogens (tertiary/aromatic N) is 1. The largest absolute Gasteiger partial charge is 0.480 e. The van der Waals surface area contributed by atoms with Gasteiger partial charge in [-0.3, -0.25) is 4.98 Å². The quantitative estimate of drug-likeness (QED) is 0.806. The number of rotatable bonds is 6. The molecule has 0 saturated carbocycles. The van der Waals surface area contributed by atoms with Gasteiger partial charge in [0.15, 0.2) is 0 Å². The number of amides is 1. The zero-order valence-electron chi connectivity index (χ0n) is 12.1. The maximum absolute atomic E-state index is 11.8. The Morgan fingerprint density at radius 2 is 1.96 bits per heavy atom. The fourth-order valence-corrected chi connectivity index (χ4v) is 2.32. The minimum Gasteiger partial charge on any atom is -0.480 e. The van der Waals surface area contributed by atoms with Crippen LogP contribution in [0.4, 0.5) is 4.79 Å². The minimum absolute atomic E-state index is 0.0808. The maximum Gasteiger partial charge on any atom is 0.408 e. The maximum atomic E-state index is 11.8. The van der Waals surface area contributed by atoms with Gasteiger partial charge in [0.2, 0.25) is 0 Å². The molecule has 2 N–H and O–H groups in total. The fraction of sp³-hybridized carbons (Fsp3) is 0.188. The summed E-state index contributed by atoms with van der Waals surface area (Å²) in [4.78, 5) is 27.0. The van der Waals surface area contributed by atoms with E-state index in [0.717, 1.165) is 10.0 Å². The molecule has 0 fully saturated rings. The Kier molecular flexibility index (Phi) is 6.10. The van der Waals surface area contributed by atoms with E-state index in [9.17, 15) is 14.7 Å². The highest BCUT2D eigenvalue weighted by atomic mass is 79.9. The molecule has 0 radical (unpaired) electrons. The molecule has 7 heteroatoms. The summed E-state index contributed by atoms with van der Waals surface area (Å²) in [6.07, 6.45) is 2.49. The summed E-state index contributed by atoms with van der Waals surface area (Å²) in [6.45, 7) is 0.0808. The SMILES string of the molecule is O=C(NC(Cc1cncc(Br)c1)C(=O)O)OCc1ccccc1. The van der Waals surface area contributed by atoms with Crippen molar-refractivity contribution in [2.75, 3.05) is 0 Å². The number of carbonyl (C=O) groups is 2. The Morgan fingerprint density at radius 1 is 1.22 bits per heavy atom. The molecular weight excluding hydrogens is 364 g/mol. The van der Waals surface area contributed by atoms with E-state index < -0.39 is 18.1 Å². The van der Waals surface area contributed by atoms with Gasteiger partial charge in [-0.2, -0.15) is 0 Å². The predicted molar refractivity (Wildman–Crippen MR) is 86.8 cm³/mol. The van der Waals surface area contributed by atoms with Crippen LogP contribution >= 0.6 is 15.9 Å². The Morgan fingerprint density at radius 3 is 2.61 bits per heavy atom. The Hall–Kier alpha value is -2.41. The molecule has 1 atom stereocenters. The number of halogens is 1. The van der Waals surface area contributed by atoms with Gasteiger partial charge in [-0.25, -0.2) is 9.59 Å². The van der Waals surface area contributed by atoms with Crippen molar-refractivity contribution in [2.24, 2.45) is 0 Å². The van der Waals surface area contributed by atoms with E-state index in [4.69, 9.17) is 4.74 Å². The molecule has 0 bridgehead atoms. The van der Waals surface area contributed by atoms with Gasteiger partial charge in [-0.15, -0.1) is 0 Å². The van der Waals surface area contributed by atoms with Crippen LogP contribution in [0.2, 0.25) is 0 Å². The molecule has 6 nitrogen and oxygen atoms in total. The van der Waals surface area contributed by atoms with Crippen LogP contribution in [0, 0.1) is 0 Å². The fourth-order valence-electron chi connectivity index (χ4n) is 1.91. The molecule has 1 unspecified atom stereocenters. The first-order valence-corrected chi connectivity index (χ1v) is 7.63. The number of alkyl carbamates (subject to hydrolysis) is 1. The van der Waals surface area contributed by atoms with Gasteiger partial charge in [-0.1, -0.05) is 30.3 Å². The number of carboxylic acids is 1. The summed E-state index contributed by atoms with van der Waals surface area (Å²) in [5, 5.41) is 11.6. The number of hydrogen-bond donors (Lipinski definition) is 2. The highest BCUT2D eigenvalue weighted by Crippen LogP contribution is 2.11. The van der Waals surface area contributed by atoms with Crippen LogP contribution in [0.5, 0.6) is 0 Å². The van der Waals surface area contributed by atoms with Crippen molar-refractivity contribution in [3.63, 3.8) is 0 Å². The first-order valence-electron chi connectivity index (χ1n) is 6.84. The third-order valence-electron chi connectivity index (χ3n) is 3.00. The molecular formula is C16H15BrN2O4. The number of ether oxygens (including phenoxy) is 1. The van der Waals surface area contributed by atoms with E-state index in [2.05, 4.69) is 26.2 Å². The van der Waals surface area contributed by atoms with Gasteiger partial charge >= 0.3 is 12.1 Å². The summed E-state index contributed by atoms with van der Waals surface area (Å²) >= 11 is 3.27. The Balaban J connectivity index is 1.91. The lowest BCUT2D eigenvalue weighted by Crippen LogP contribution is -2.42. The number of carboxylic acid groups (broad SMARTS) is 1. The molecule has 1 heterocycles. The van der Waals surface area contributed by atoms with Gasteiger partial charge in [0.25, 0.3) is 0 Å². The molecule has 0 aliphatic heterocycles. The lowest BCUT2D eigenvalue weighted by Gasteiger charge is -2.14. The van der Waals surface area contributed by atoms with Crippen molar-refractivity contribution in [1.29, 1.82) is 0 Å². The zero-order chi connectivity index (χ0) is 16.7. The van der Waals surface area contributed by atoms with Crippen LogP contribution in [0.25, 0.3) is 0 Å². The Bertz CT molecular complexity index is 679. The summed E-state index contributed by atoms with van der Waals surface area (Å²) in [5.74, 6) is -1.14. The van der Waals surface area contributed by atoms with Gasteiger partial charge in [0.1, 0.15) is 12.6 Å². The molecule has 2 rings (SSSR count). The molecule has 1 aromatic carbocycles. The molecule has 1 amide bonds. The summed E-state index contributed by atoms with van der Waals surface area (Å²) in [7, 11) is 0. The second-order valence-electron chi connectivity index (χ2n) is 4.81. The monoisotopic (exact) mass is 378 g/mol. The third-order valence-corrected chi connectivity index (χ3v) is 3.44. The normalized spacial score (nSPS) is 11.5. The smallest absolute Gasteiger partial charge is 0.408 e. The average molecular weight is 379 g/mol. The second kappa shape index (κ2) is 8.28. The standard InChI is InChI=1S/C16H15BrN2O4/c17-13-6-12(8-18-9-13)7-14(15(20)21)19-16(22)23-10-11-4-2-1-3-5-11/h1-6,8-9,14H,7,10H2,(H,19,22)(H,20,21). The zero-order valence-corrected chi connectivity index (χ0v) is 13.7. The van der Waals surface area contributed by atoms with Crippen LogP contribution in [0.1, 0.15) is 11.1 Å². The average Bonchev–Trinajstić information content (AvgIpc) is 2.53. The highest BCUT2D eigenvalue weighted by Gasteiger charge is 2.21. The highest BCUT2D eigenvalue weighted by molar-refractivity contribution is 9.10. The molecule has 0 saturated heterocycles. The number of pyridine rings is 1. The molecule has 0 aliphatic carbocycles. The molecule has 0 aliphatic rings. The number of hydrogen-bond acceptors (Lipinski definition) is 4. The van der Waals surface area contributed by atoms with Gasteiger partial charge < -0.3 is 15.2 Å². The molecule has 0 spiro atoms. The van der Waals surface area contributed by atoms with Crippen molar-refractivity contribution >= 4 is 28.0 Å². The van der Waals surface area contributed by atoms with E-state index in [0.29, 0.717) is 5.56 Å². The van der Waals surface area contributed by atoms with Crippen LogP contribution in [0.15, 0.2) is 53.3 Å². The van der Waals surface area contributed by atoms with E-state index in [1.165, 1.54) is 0 Å². The predicted octanol–water partition coefficient (Wildman–Crippen LogP) is 2.77. The van der Waals surface area contributed by atoms with Crippen molar-refractivity contribution in [3.05, 3.63) is 64.4 Å². The number of aliphatic carboxylic acids is 1. The third kappa shape index (κ3) is 5.71. The van der Waals surface area contributed by atoms with Crippen molar-refractivity contribution in [3.8, 4) is 0 Å². The van der Waals surface area contributed by atoms with Crippen LogP contribution in [0.3, 0.4) is 0 Å². The van der Waals surface area contributed by atoms with Crippen molar-refractivity contribution < 1.29 is 19.4 Å². The summed E-state index contributed by atoms with van der Waals surface area (Å²) in [6, 6.07) is 9.81. The molecule has 2 aromatic rings. The van der Waals surface area contributed by atoms with E-state index in [1.807, 2.05) is 30.3 Å². The summed E-state index contributed by atoms with van der Waals surface area (Å²) < 4.78 is 5.77. The van der Waals surface area contributed by atoms with E-state index >= 15 is 0 Å². The van der Waals surface area contributed by atoms with Gasteiger partial charge in [0, 0.05) is 23.3 Å². The van der Waals surface area contributed by atoms with E-state index in [1.54, 1.807) is 18.5 Å². The minimum atomic E-state index is -1.14. The topological polar surface area (TPSA) is 88.5 Å². The lowest BCUT2D eigenvalue weighted by molar-refractivity contribution is -0.139. The van der Waals surface area contributed by atoms with Gasteiger partial charge in [0.05, 0.1) is 0 Å². The Labute approximate surface area is 141 Å². The van der Waals surface area contributed by atoms with Crippen molar-refractivity contribution in [2.45, 2.75) is 19.1 Å². The van der Waals surface area contributed by atoms with Gasteiger partial charge in [-0.05, 0) is 33.1 Å². The number of nitrogens with one attached hydrogen (secondary N) is 1. The van der Waals surface area contributed by atoms with Crippen molar-refractivity contribution in [1.82, 2.24) is 10.3 Å².